The number of hydrogen-bond donors (Lipinski definition) is 0. The van der Waals surface area contributed by atoms with Crippen LogP contribution in [0.15, 0.2) is 18.2 Å². The molecule has 0 unspecified atom stereocenters. The summed E-state index contributed by atoms with van der Waals surface area (Å²) in [6.07, 6.45) is 1.00. The topological polar surface area (TPSA) is 35.5 Å². The highest BCUT2D eigenvalue weighted by Crippen LogP contribution is 2.27. The Labute approximate surface area is 107 Å². The smallest absolute Gasteiger partial charge is 0.305 e. The molecule has 0 aliphatic carbocycles. The van der Waals surface area contributed by atoms with Crippen LogP contribution in [0.1, 0.15) is 25.3 Å². The first-order chi connectivity index (χ1) is 8.15. The van der Waals surface area contributed by atoms with Gasteiger partial charge in [0.15, 0.2) is 0 Å². The zero-order valence-corrected chi connectivity index (χ0v) is 10.9. The Balaban J connectivity index is 2.34. The van der Waals surface area contributed by atoms with Crippen LogP contribution in [0.3, 0.4) is 0 Å². The molecule has 0 radical (unpaired) electrons. The van der Waals surface area contributed by atoms with E-state index in [4.69, 9.17) is 21.1 Å². The minimum absolute atomic E-state index is 0.188. The first-order valence-corrected chi connectivity index (χ1v) is 6.06. The maximum Gasteiger partial charge on any atom is 0.305 e. The Bertz CT molecular complexity index is 357. The summed E-state index contributed by atoms with van der Waals surface area (Å²) in [5.41, 5.74) is 0.994. The second-order valence-corrected chi connectivity index (χ2v) is 4.05. The molecule has 0 saturated heterocycles. The molecule has 0 spiro atoms. The van der Waals surface area contributed by atoms with E-state index in [1.807, 2.05) is 19.1 Å². The Morgan fingerprint density at radius 1 is 1.41 bits per heavy atom. The fourth-order valence-corrected chi connectivity index (χ4v) is 1.70. The van der Waals surface area contributed by atoms with E-state index in [-0.39, 0.29) is 5.97 Å². The van der Waals surface area contributed by atoms with Gasteiger partial charge in [0.25, 0.3) is 0 Å². The Morgan fingerprint density at radius 2 is 2.18 bits per heavy atom. The molecule has 17 heavy (non-hydrogen) atoms. The molecule has 0 aromatic heterocycles. The van der Waals surface area contributed by atoms with Crippen LogP contribution in [-0.4, -0.2) is 19.2 Å². The van der Waals surface area contributed by atoms with Crippen molar-refractivity contribution in [3.8, 4) is 5.75 Å². The standard InChI is InChI=1S/C13H17ClO3/c1-3-16-12(15)8-5-9-17-13-10(2)6-4-7-11(13)14/h4,6-7H,3,5,8-9H2,1-2H3. The van der Waals surface area contributed by atoms with Crippen molar-refractivity contribution in [2.45, 2.75) is 26.7 Å². The second-order valence-electron chi connectivity index (χ2n) is 3.64. The van der Waals surface area contributed by atoms with Gasteiger partial charge in [0.05, 0.1) is 18.2 Å². The van der Waals surface area contributed by atoms with Crippen LogP contribution < -0.4 is 4.74 Å². The van der Waals surface area contributed by atoms with Crippen LogP contribution in [0.25, 0.3) is 0 Å². The van der Waals surface area contributed by atoms with E-state index in [0.717, 1.165) is 5.56 Å². The molecule has 4 heteroatoms. The summed E-state index contributed by atoms with van der Waals surface area (Å²) in [6.45, 7) is 4.61. The molecule has 0 amide bonds. The summed E-state index contributed by atoms with van der Waals surface area (Å²) < 4.78 is 10.4. The third-order valence-electron chi connectivity index (χ3n) is 2.24. The second kappa shape index (κ2) is 7.17. The van der Waals surface area contributed by atoms with Crippen molar-refractivity contribution in [1.29, 1.82) is 0 Å². The van der Waals surface area contributed by atoms with Gasteiger partial charge in [-0.3, -0.25) is 4.79 Å². The maximum atomic E-state index is 11.1. The molecule has 0 atom stereocenters. The van der Waals surface area contributed by atoms with E-state index in [1.54, 1.807) is 13.0 Å². The Kier molecular flexibility index (Phi) is 5.84. The summed E-state index contributed by atoms with van der Waals surface area (Å²) in [5, 5.41) is 0.598. The number of hydrogen-bond acceptors (Lipinski definition) is 3. The number of carbonyl (C=O) groups is 1. The van der Waals surface area contributed by atoms with Gasteiger partial charge < -0.3 is 9.47 Å². The molecule has 0 N–H and O–H groups in total. The molecule has 0 fully saturated rings. The monoisotopic (exact) mass is 256 g/mol. The number of ether oxygens (including phenoxy) is 2. The van der Waals surface area contributed by atoms with Gasteiger partial charge in [0, 0.05) is 6.42 Å². The molecule has 1 rings (SSSR count). The van der Waals surface area contributed by atoms with E-state index in [9.17, 15) is 4.79 Å². The molecule has 0 aliphatic rings. The SMILES string of the molecule is CCOC(=O)CCCOc1c(C)cccc1Cl. The zero-order valence-electron chi connectivity index (χ0n) is 10.2. The largest absolute Gasteiger partial charge is 0.492 e. The van der Waals surface area contributed by atoms with Gasteiger partial charge in [-0.2, -0.15) is 0 Å². The van der Waals surface area contributed by atoms with Crippen molar-refractivity contribution >= 4 is 17.6 Å². The van der Waals surface area contributed by atoms with Crippen LogP contribution in [-0.2, 0) is 9.53 Å². The van der Waals surface area contributed by atoms with Crippen molar-refractivity contribution in [3.05, 3.63) is 28.8 Å². The summed E-state index contributed by atoms with van der Waals surface area (Å²) in [5.74, 6) is 0.505. The van der Waals surface area contributed by atoms with Gasteiger partial charge in [-0.05, 0) is 31.9 Å². The van der Waals surface area contributed by atoms with Gasteiger partial charge in [-0.25, -0.2) is 0 Å². The first-order valence-electron chi connectivity index (χ1n) is 5.68. The number of halogens is 1. The number of benzene rings is 1. The lowest BCUT2D eigenvalue weighted by molar-refractivity contribution is -0.143. The van der Waals surface area contributed by atoms with E-state index in [1.165, 1.54) is 0 Å². The molecule has 1 aromatic carbocycles. The van der Waals surface area contributed by atoms with Crippen molar-refractivity contribution in [1.82, 2.24) is 0 Å². The molecule has 1 aromatic rings. The third kappa shape index (κ3) is 4.65. The van der Waals surface area contributed by atoms with E-state index < -0.39 is 0 Å². The average molecular weight is 257 g/mol. The molecule has 94 valence electrons. The Hall–Kier alpha value is -1.22. The van der Waals surface area contributed by atoms with E-state index in [2.05, 4.69) is 0 Å². The number of esters is 1. The molecule has 0 bridgehead atoms. The minimum atomic E-state index is -0.188. The lowest BCUT2D eigenvalue weighted by atomic mass is 10.2. The van der Waals surface area contributed by atoms with E-state index in [0.29, 0.717) is 36.8 Å². The van der Waals surface area contributed by atoms with E-state index >= 15 is 0 Å². The minimum Gasteiger partial charge on any atom is -0.492 e. The van der Waals surface area contributed by atoms with Crippen LogP contribution in [0.4, 0.5) is 0 Å². The van der Waals surface area contributed by atoms with Gasteiger partial charge in [0.2, 0.25) is 0 Å². The summed E-state index contributed by atoms with van der Waals surface area (Å²) >= 11 is 6.00. The highest BCUT2D eigenvalue weighted by atomic mass is 35.5. The zero-order chi connectivity index (χ0) is 12.7. The van der Waals surface area contributed by atoms with Crippen LogP contribution in [0.2, 0.25) is 5.02 Å². The highest BCUT2D eigenvalue weighted by Gasteiger charge is 2.06. The first kappa shape index (κ1) is 13.8. The molecule has 3 nitrogen and oxygen atoms in total. The van der Waals surface area contributed by atoms with Gasteiger partial charge >= 0.3 is 5.97 Å². The predicted octanol–water partition coefficient (Wildman–Crippen LogP) is 3.37. The lowest BCUT2D eigenvalue weighted by Gasteiger charge is -2.10. The summed E-state index contributed by atoms with van der Waals surface area (Å²) in [4.78, 5) is 11.1. The van der Waals surface area contributed by atoms with Crippen LogP contribution >= 0.6 is 11.6 Å². The maximum absolute atomic E-state index is 11.1. The lowest BCUT2D eigenvalue weighted by Crippen LogP contribution is -2.07. The van der Waals surface area contributed by atoms with Crippen molar-refractivity contribution in [2.24, 2.45) is 0 Å². The number of rotatable bonds is 6. The fourth-order valence-electron chi connectivity index (χ4n) is 1.42. The summed E-state index contributed by atoms with van der Waals surface area (Å²) in [7, 11) is 0. The number of carbonyl (C=O) groups excluding carboxylic acids is 1. The van der Waals surface area contributed by atoms with Crippen molar-refractivity contribution in [2.75, 3.05) is 13.2 Å². The average Bonchev–Trinajstić information content (AvgIpc) is 2.28. The number of aryl methyl sites for hydroxylation is 1. The quantitative estimate of drug-likeness (QED) is 0.578. The van der Waals surface area contributed by atoms with Crippen molar-refractivity contribution < 1.29 is 14.3 Å². The van der Waals surface area contributed by atoms with Crippen LogP contribution in [0.5, 0.6) is 5.75 Å². The normalized spacial score (nSPS) is 10.1. The molecule has 0 saturated carbocycles. The third-order valence-corrected chi connectivity index (χ3v) is 2.54. The number of para-hydroxylation sites is 1. The molecule has 0 heterocycles. The van der Waals surface area contributed by atoms with Crippen molar-refractivity contribution in [3.63, 3.8) is 0 Å². The Morgan fingerprint density at radius 3 is 2.82 bits per heavy atom. The molecular weight excluding hydrogens is 240 g/mol. The van der Waals surface area contributed by atoms with Crippen LogP contribution in [0, 0.1) is 6.92 Å². The van der Waals surface area contributed by atoms with Gasteiger partial charge in [-0.1, -0.05) is 23.7 Å². The van der Waals surface area contributed by atoms with Gasteiger partial charge in [0.1, 0.15) is 5.75 Å². The summed E-state index contributed by atoms with van der Waals surface area (Å²) in [6, 6.07) is 5.60. The van der Waals surface area contributed by atoms with Gasteiger partial charge in [-0.15, -0.1) is 0 Å². The highest BCUT2D eigenvalue weighted by molar-refractivity contribution is 6.32. The molecule has 0 aliphatic heterocycles. The molecular formula is C13H17ClO3. The predicted molar refractivity (Wildman–Crippen MR) is 67.6 cm³/mol. The fraction of sp³-hybridized carbons (Fsp3) is 0.462.